The van der Waals surface area contributed by atoms with Crippen molar-refractivity contribution in [1.29, 1.82) is 0 Å². The Balaban J connectivity index is 1.56. The molecule has 0 amide bonds. The van der Waals surface area contributed by atoms with Crippen LogP contribution in [0.3, 0.4) is 0 Å². The minimum Gasteiger partial charge on any atom is -0.485 e. The van der Waals surface area contributed by atoms with Crippen molar-refractivity contribution in [1.82, 2.24) is 0 Å². The lowest BCUT2D eigenvalue weighted by molar-refractivity contribution is -0.168. The highest BCUT2D eigenvalue weighted by Crippen LogP contribution is 2.45. The molecule has 2 atom stereocenters. The molecule has 0 spiro atoms. The fourth-order valence-electron chi connectivity index (χ4n) is 5.30. The molecule has 0 radical (unpaired) electrons. The largest absolute Gasteiger partial charge is 0.485 e. The number of anilines is 1. The fourth-order valence-corrected chi connectivity index (χ4v) is 5.30. The van der Waals surface area contributed by atoms with Crippen LogP contribution in [0.15, 0.2) is 42.5 Å². The molecule has 2 aromatic rings. The van der Waals surface area contributed by atoms with Gasteiger partial charge in [0.2, 0.25) is 0 Å². The van der Waals surface area contributed by atoms with Crippen molar-refractivity contribution in [3.8, 4) is 5.75 Å². The molecule has 1 heterocycles. The molecule has 2 aliphatic rings. The van der Waals surface area contributed by atoms with Gasteiger partial charge in [-0.05, 0) is 69.4 Å². The molecule has 2 unspecified atom stereocenters. The maximum atomic E-state index is 6.68. The quantitative estimate of drug-likeness (QED) is 0.437. The number of rotatable bonds is 9. The van der Waals surface area contributed by atoms with E-state index in [9.17, 15) is 0 Å². The molecule has 1 N–H and O–H groups in total. The number of benzene rings is 2. The van der Waals surface area contributed by atoms with Crippen molar-refractivity contribution < 1.29 is 14.2 Å². The summed E-state index contributed by atoms with van der Waals surface area (Å²) in [7, 11) is 0. The summed E-state index contributed by atoms with van der Waals surface area (Å²) in [5.41, 5.74) is 4.15. The topological polar surface area (TPSA) is 39.7 Å². The number of hydrogen-bond donors (Lipinski definition) is 1. The second kappa shape index (κ2) is 10.9. The third-order valence-corrected chi connectivity index (χ3v) is 7.26. The van der Waals surface area contributed by atoms with Crippen LogP contribution >= 0.6 is 0 Å². The summed E-state index contributed by atoms with van der Waals surface area (Å²) in [4.78, 5) is 0. The fraction of sp³-hybridized carbons (Fsp3) is 0.586. The van der Waals surface area contributed by atoms with E-state index in [1.54, 1.807) is 0 Å². The monoisotopic (exact) mass is 451 g/mol. The molecular formula is C29H41NO3. The van der Waals surface area contributed by atoms with Gasteiger partial charge in [-0.1, -0.05) is 56.4 Å². The van der Waals surface area contributed by atoms with Crippen LogP contribution < -0.4 is 10.1 Å². The van der Waals surface area contributed by atoms with Gasteiger partial charge in [-0.15, -0.1) is 0 Å². The third kappa shape index (κ3) is 5.91. The SMILES string of the molecule is CCNc1ccc2c(c1)C(OCCC1CCCCC1)C(OCc1ccccc1C)C(C)(C)O2. The van der Waals surface area contributed by atoms with Gasteiger partial charge in [0.1, 0.15) is 23.6 Å². The molecule has 33 heavy (non-hydrogen) atoms. The van der Waals surface area contributed by atoms with Crippen molar-refractivity contribution in [3.05, 3.63) is 59.2 Å². The summed E-state index contributed by atoms with van der Waals surface area (Å²) in [6.07, 6.45) is 7.58. The van der Waals surface area contributed by atoms with Crippen molar-refractivity contribution in [2.45, 2.75) is 90.6 Å². The molecule has 4 rings (SSSR count). The van der Waals surface area contributed by atoms with Gasteiger partial charge >= 0.3 is 0 Å². The zero-order valence-electron chi connectivity index (χ0n) is 20.9. The number of hydrogen-bond acceptors (Lipinski definition) is 4. The molecule has 0 saturated heterocycles. The van der Waals surface area contributed by atoms with E-state index in [1.165, 1.54) is 43.2 Å². The van der Waals surface area contributed by atoms with Crippen LogP contribution in [-0.4, -0.2) is 24.9 Å². The highest BCUT2D eigenvalue weighted by atomic mass is 16.6. The van der Waals surface area contributed by atoms with Crippen molar-refractivity contribution in [2.24, 2.45) is 5.92 Å². The molecule has 180 valence electrons. The summed E-state index contributed by atoms with van der Waals surface area (Å²) < 4.78 is 19.8. The van der Waals surface area contributed by atoms with Crippen LogP contribution in [0.1, 0.15) is 82.1 Å². The molecule has 1 saturated carbocycles. The Bertz CT molecular complexity index is 903. The Morgan fingerprint density at radius 2 is 1.82 bits per heavy atom. The first-order chi connectivity index (χ1) is 16.0. The molecule has 1 aliphatic heterocycles. The lowest BCUT2D eigenvalue weighted by Gasteiger charge is -2.44. The van der Waals surface area contributed by atoms with Crippen LogP contribution in [0.4, 0.5) is 5.69 Å². The van der Waals surface area contributed by atoms with Crippen LogP contribution in [0, 0.1) is 12.8 Å². The first kappa shape index (κ1) is 24.1. The van der Waals surface area contributed by atoms with Gasteiger partial charge in [-0.3, -0.25) is 0 Å². The number of fused-ring (bicyclic) bond motifs is 1. The van der Waals surface area contributed by atoms with E-state index in [0.29, 0.717) is 6.61 Å². The second-order valence-electron chi connectivity index (χ2n) is 10.2. The van der Waals surface area contributed by atoms with Gasteiger partial charge < -0.3 is 19.5 Å². The van der Waals surface area contributed by atoms with E-state index in [-0.39, 0.29) is 12.2 Å². The number of nitrogens with one attached hydrogen (secondary N) is 1. The van der Waals surface area contributed by atoms with E-state index in [0.717, 1.165) is 42.5 Å². The Kier molecular flexibility index (Phi) is 7.98. The number of aryl methyl sites for hydroxylation is 1. The molecule has 4 heteroatoms. The molecular weight excluding hydrogens is 410 g/mol. The number of ether oxygens (including phenoxy) is 3. The first-order valence-corrected chi connectivity index (χ1v) is 12.8. The normalized spacial score (nSPS) is 22.4. The van der Waals surface area contributed by atoms with Crippen LogP contribution in [0.2, 0.25) is 0 Å². The standard InChI is InChI=1S/C29H41NO3/c1-5-30-24-15-16-26-25(19-24)27(31-18-17-22-12-7-6-8-13-22)28(29(3,4)33-26)32-20-23-14-10-9-11-21(23)2/h9-11,14-16,19,22,27-28,30H,5-8,12-13,17-18,20H2,1-4H3. The van der Waals surface area contributed by atoms with E-state index < -0.39 is 5.60 Å². The predicted molar refractivity (Wildman–Crippen MR) is 135 cm³/mol. The van der Waals surface area contributed by atoms with Gasteiger partial charge in [0.25, 0.3) is 0 Å². The summed E-state index contributed by atoms with van der Waals surface area (Å²) in [6, 6.07) is 14.8. The zero-order chi connectivity index (χ0) is 23.3. The highest BCUT2D eigenvalue weighted by Gasteiger charge is 2.45. The molecule has 4 nitrogen and oxygen atoms in total. The highest BCUT2D eigenvalue weighted by molar-refractivity contribution is 5.53. The van der Waals surface area contributed by atoms with E-state index in [4.69, 9.17) is 14.2 Å². The second-order valence-corrected chi connectivity index (χ2v) is 10.2. The van der Waals surface area contributed by atoms with Gasteiger partial charge in [0, 0.05) is 24.4 Å². The Hall–Kier alpha value is -2.04. The Morgan fingerprint density at radius 1 is 1.03 bits per heavy atom. The molecule has 1 aliphatic carbocycles. The van der Waals surface area contributed by atoms with E-state index in [1.807, 2.05) is 0 Å². The van der Waals surface area contributed by atoms with E-state index >= 15 is 0 Å². The molecule has 1 fully saturated rings. The van der Waals surface area contributed by atoms with Crippen LogP contribution in [0.5, 0.6) is 5.75 Å². The molecule has 2 aromatic carbocycles. The summed E-state index contributed by atoms with van der Waals surface area (Å²) in [5, 5.41) is 3.43. The third-order valence-electron chi connectivity index (χ3n) is 7.26. The van der Waals surface area contributed by atoms with Crippen LogP contribution in [0.25, 0.3) is 0 Å². The smallest absolute Gasteiger partial charge is 0.132 e. The Labute approximate surface area is 200 Å². The maximum Gasteiger partial charge on any atom is 0.132 e. The average Bonchev–Trinajstić information content (AvgIpc) is 2.80. The lowest BCUT2D eigenvalue weighted by Crippen LogP contribution is -2.51. The summed E-state index contributed by atoms with van der Waals surface area (Å²) in [6.45, 7) is 10.7. The van der Waals surface area contributed by atoms with Gasteiger partial charge in [-0.25, -0.2) is 0 Å². The zero-order valence-corrected chi connectivity index (χ0v) is 20.9. The lowest BCUT2D eigenvalue weighted by atomic mass is 9.86. The van der Waals surface area contributed by atoms with Gasteiger partial charge in [0.15, 0.2) is 0 Å². The van der Waals surface area contributed by atoms with E-state index in [2.05, 4.69) is 75.5 Å². The van der Waals surface area contributed by atoms with Crippen molar-refractivity contribution >= 4 is 5.69 Å². The molecule has 0 aromatic heterocycles. The molecule has 0 bridgehead atoms. The minimum atomic E-state index is -0.495. The maximum absolute atomic E-state index is 6.68. The first-order valence-electron chi connectivity index (χ1n) is 12.8. The van der Waals surface area contributed by atoms with Crippen molar-refractivity contribution in [3.63, 3.8) is 0 Å². The summed E-state index contributed by atoms with van der Waals surface area (Å²) in [5.74, 6) is 1.70. The van der Waals surface area contributed by atoms with Crippen LogP contribution in [-0.2, 0) is 16.1 Å². The average molecular weight is 452 g/mol. The van der Waals surface area contributed by atoms with Gasteiger partial charge in [0.05, 0.1) is 6.61 Å². The van der Waals surface area contributed by atoms with Gasteiger partial charge in [-0.2, -0.15) is 0 Å². The predicted octanol–water partition coefficient (Wildman–Crippen LogP) is 7.21. The summed E-state index contributed by atoms with van der Waals surface area (Å²) >= 11 is 0. The van der Waals surface area contributed by atoms with Crippen molar-refractivity contribution in [2.75, 3.05) is 18.5 Å². The Morgan fingerprint density at radius 3 is 2.58 bits per heavy atom. The minimum absolute atomic E-state index is 0.157.